The Hall–Kier alpha value is -1.72. The third kappa shape index (κ3) is 4.43. The molecule has 0 spiro atoms. The number of alkyl halides is 3. The van der Waals surface area contributed by atoms with E-state index in [0.717, 1.165) is 11.1 Å². The van der Waals surface area contributed by atoms with E-state index in [-0.39, 0.29) is 18.2 Å². The zero-order chi connectivity index (χ0) is 13.9. The average molecular weight is 304 g/mol. The Morgan fingerprint density at radius 2 is 1.60 bits per heavy atom. The van der Waals surface area contributed by atoms with Crippen LogP contribution in [-0.2, 0) is 6.54 Å². The van der Waals surface area contributed by atoms with Crippen molar-refractivity contribution in [2.75, 3.05) is 0 Å². The van der Waals surface area contributed by atoms with E-state index in [1.807, 2.05) is 24.3 Å². The minimum atomic E-state index is -4.67. The third-order valence-electron chi connectivity index (χ3n) is 2.64. The Labute approximate surface area is 120 Å². The van der Waals surface area contributed by atoms with E-state index in [9.17, 15) is 13.2 Å². The average Bonchev–Trinajstić information content (AvgIpc) is 2.37. The maximum atomic E-state index is 12.1. The molecule has 2 nitrogen and oxygen atoms in total. The summed E-state index contributed by atoms with van der Waals surface area (Å²) in [6, 6.07) is 13.4. The maximum Gasteiger partial charge on any atom is 0.573 e. The van der Waals surface area contributed by atoms with Crippen molar-refractivity contribution in [1.29, 1.82) is 0 Å². The molecule has 0 heterocycles. The highest BCUT2D eigenvalue weighted by Gasteiger charge is 2.31. The molecule has 0 fully saturated rings. The van der Waals surface area contributed by atoms with E-state index in [0.29, 0.717) is 12.1 Å². The fourth-order valence-corrected chi connectivity index (χ4v) is 1.74. The molecular formula is C14H13ClF3NO. The molecular weight excluding hydrogens is 291 g/mol. The summed E-state index contributed by atoms with van der Waals surface area (Å²) in [7, 11) is 0. The van der Waals surface area contributed by atoms with Crippen molar-refractivity contribution in [3.63, 3.8) is 0 Å². The lowest BCUT2D eigenvalue weighted by molar-refractivity contribution is -0.386. The highest BCUT2D eigenvalue weighted by molar-refractivity contribution is 5.65. The van der Waals surface area contributed by atoms with Gasteiger partial charge in [0.1, 0.15) is 5.75 Å². The molecule has 6 heteroatoms. The SMILES string of the molecule is [Cl-].[NH3+]Cc1ccc(-c2cccc(OC(F)(F)F)c2)cc1. The van der Waals surface area contributed by atoms with Crippen LogP contribution < -0.4 is 22.9 Å². The molecule has 2 rings (SSSR count). The molecule has 2 aromatic carbocycles. The van der Waals surface area contributed by atoms with Gasteiger partial charge in [-0.25, -0.2) is 0 Å². The number of hydrogen-bond acceptors (Lipinski definition) is 1. The zero-order valence-electron chi connectivity index (χ0n) is 10.5. The van der Waals surface area contributed by atoms with Gasteiger partial charge in [-0.1, -0.05) is 36.4 Å². The summed E-state index contributed by atoms with van der Waals surface area (Å²) in [4.78, 5) is 0. The van der Waals surface area contributed by atoms with Gasteiger partial charge in [-0.3, -0.25) is 0 Å². The first-order valence-corrected chi connectivity index (χ1v) is 5.72. The quantitative estimate of drug-likeness (QED) is 0.851. The van der Waals surface area contributed by atoms with Crippen LogP contribution in [0.5, 0.6) is 5.75 Å². The van der Waals surface area contributed by atoms with Gasteiger partial charge < -0.3 is 22.9 Å². The number of hydrogen-bond donors (Lipinski definition) is 1. The first-order valence-electron chi connectivity index (χ1n) is 5.72. The molecule has 2 aromatic rings. The standard InChI is InChI=1S/C14H12F3NO.ClH/c15-14(16,17)19-13-3-1-2-12(8-13)11-6-4-10(9-18)5-7-11;/h1-8H,9,18H2;1H. The van der Waals surface area contributed by atoms with E-state index >= 15 is 0 Å². The van der Waals surface area contributed by atoms with Crippen LogP contribution >= 0.6 is 0 Å². The summed E-state index contributed by atoms with van der Waals surface area (Å²) in [5.74, 6) is -0.216. The van der Waals surface area contributed by atoms with E-state index in [4.69, 9.17) is 0 Å². The van der Waals surface area contributed by atoms with Crippen LogP contribution in [0, 0.1) is 0 Å². The largest absolute Gasteiger partial charge is 1.00 e. The molecule has 0 radical (unpaired) electrons. The third-order valence-corrected chi connectivity index (χ3v) is 2.64. The molecule has 108 valence electrons. The second-order valence-electron chi connectivity index (χ2n) is 4.02. The second kappa shape index (κ2) is 6.63. The molecule has 0 saturated carbocycles. The van der Waals surface area contributed by atoms with Gasteiger partial charge in [0.25, 0.3) is 0 Å². The molecule has 0 bridgehead atoms. The molecule has 0 aliphatic heterocycles. The lowest BCUT2D eigenvalue weighted by Gasteiger charge is -2.10. The van der Waals surface area contributed by atoms with Crippen LogP contribution in [0.4, 0.5) is 13.2 Å². The molecule has 0 aliphatic carbocycles. The monoisotopic (exact) mass is 303 g/mol. The smallest absolute Gasteiger partial charge is 0.573 e. The summed E-state index contributed by atoms with van der Waals surface area (Å²) in [6.07, 6.45) is -4.67. The van der Waals surface area contributed by atoms with Gasteiger partial charge in [0.05, 0.1) is 6.54 Å². The molecule has 0 aliphatic rings. The van der Waals surface area contributed by atoms with E-state index in [1.54, 1.807) is 6.07 Å². The predicted molar refractivity (Wildman–Crippen MR) is 65.2 cm³/mol. The van der Waals surface area contributed by atoms with Crippen molar-refractivity contribution in [1.82, 2.24) is 0 Å². The van der Waals surface area contributed by atoms with E-state index in [1.165, 1.54) is 18.2 Å². The molecule has 0 unspecified atom stereocenters. The summed E-state index contributed by atoms with van der Waals surface area (Å²) in [5, 5.41) is 0. The van der Waals surface area contributed by atoms with Crippen molar-refractivity contribution in [3.8, 4) is 16.9 Å². The van der Waals surface area contributed by atoms with Crippen LogP contribution in [0.25, 0.3) is 11.1 Å². The van der Waals surface area contributed by atoms with Crippen molar-refractivity contribution < 1.29 is 36.0 Å². The van der Waals surface area contributed by atoms with E-state index < -0.39 is 6.36 Å². The Morgan fingerprint density at radius 3 is 2.15 bits per heavy atom. The van der Waals surface area contributed by atoms with Gasteiger partial charge >= 0.3 is 6.36 Å². The topological polar surface area (TPSA) is 36.9 Å². The summed E-state index contributed by atoms with van der Waals surface area (Å²) in [5.41, 5.74) is 6.36. The maximum absolute atomic E-state index is 12.1. The molecule has 0 aromatic heterocycles. The van der Waals surface area contributed by atoms with Crippen molar-refractivity contribution in [2.24, 2.45) is 0 Å². The van der Waals surface area contributed by atoms with Gasteiger partial charge in [-0.05, 0) is 23.3 Å². The van der Waals surface area contributed by atoms with Gasteiger partial charge in [-0.2, -0.15) is 0 Å². The van der Waals surface area contributed by atoms with Gasteiger partial charge in [0.2, 0.25) is 0 Å². The molecule has 3 N–H and O–H groups in total. The fraction of sp³-hybridized carbons (Fsp3) is 0.143. The Bertz CT molecular complexity index is 555. The highest BCUT2D eigenvalue weighted by atomic mass is 35.5. The summed E-state index contributed by atoms with van der Waals surface area (Å²) >= 11 is 0. The van der Waals surface area contributed by atoms with Crippen LogP contribution in [0.2, 0.25) is 0 Å². The predicted octanol–water partition coefficient (Wildman–Crippen LogP) is -0.00190. The van der Waals surface area contributed by atoms with Crippen LogP contribution in [-0.4, -0.2) is 6.36 Å². The molecule has 0 atom stereocenters. The first-order chi connectivity index (χ1) is 8.98. The van der Waals surface area contributed by atoms with Gasteiger partial charge in [0, 0.05) is 5.56 Å². The van der Waals surface area contributed by atoms with Crippen molar-refractivity contribution >= 4 is 0 Å². The minimum absolute atomic E-state index is 0. The number of halogens is 4. The Balaban J connectivity index is 0.00000200. The summed E-state index contributed by atoms with van der Waals surface area (Å²) < 4.78 is 40.3. The van der Waals surface area contributed by atoms with Crippen molar-refractivity contribution in [3.05, 3.63) is 54.1 Å². The summed E-state index contributed by atoms with van der Waals surface area (Å²) in [6.45, 7) is 0.678. The molecule has 0 saturated heterocycles. The van der Waals surface area contributed by atoms with Gasteiger partial charge in [0.15, 0.2) is 0 Å². The number of quaternary nitrogens is 1. The fourth-order valence-electron chi connectivity index (χ4n) is 1.74. The van der Waals surface area contributed by atoms with Crippen LogP contribution in [0.15, 0.2) is 48.5 Å². The first kappa shape index (κ1) is 16.3. The normalized spacial score (nSPS) is 10.8. The molecule has 20 heavy (non-hydrogen) atoms. The van der Waals surface area contributed by atoms with Gasteiger partial charge in [-0.15, -0.1) is 13.2 Å². The van der Waals surface area contributed by atoms with Crippen LogP contribution in [0.3, 0.4) is 0 Å². The van der Waals surface area contributed by atoms with Crippen LogP contribution in [0.1, 0.15) is 5.56 Å². The number of ether oxygens (including phenoxy) is 1. The Kier molecular flexibility index (Phi) is 5.42. The zero-order valence-corrected chi connectivity index (χ0v) is 11.2. The lowest BCUT2D eigenvalue weighted by Crippen LogP contribution is -3.00. The second-order valence-corrected chi connectivity index (χ2v) is 4.02. The highest BCUT2D eigenvalue weighted by Crippen LogP contribution is 2.28. The Morgan fingerprint density at radius 1 is 0.950 bits per heavy atom. The minimum Gasteiger partial charge on any atom is -1.00 e. The molecule has 0 amide bonds. The lowest BCUT2D eigenvalue weighted by atomic mass is 10.0. The number of benzene rings is 2. The van der Waals surface area contributed by atoms with Crippen molar-refractivity contribution in [2.45, 2.75) is 12.9 Å². The number of rotatable bonds is 3. The van der Waals surface area contributed by atoms with E-state index in [2.05, 4.69) is 10.5 Å².